The molecule has 0 radical (unpaired) electrons. The minimum atomic E-state index is -0.957. The number of rotatable bonds is 4. The second-order valence-electron chi connectivity index (χ2n) is 4.62. The Morgan fingerprint density at radius 1 is 1.76 bits per heavy atom. The molecule has 0 amide bonds. The van der Waals surface area contributed by atoms with Crippen molar-refractivity contribution in [2.45, 2.75) is 6.42 Å². The zero-order valence-corrected chi connectivity index (χ0v) is 10.9. The van der Waals surface area contributed by atoms with Crippen molar-refractivity contribution in [2.24, 2.45) is 5.92 Å². The summed E-state index contributed by atoms with van der Waals surface area (Å²) in [6, 6.07) is 0. The molecule has 1 unspecified atom stereocenters. The van der Waals surface area contributed by atoms with Crippen LogP contribution in [0.4, 0.5) is 5.13 Å². The van der Waals surface area contributed by atoms with Crippen LogP contribution in [0, 0.1) is 5.92 Å². The number of carbonyl (C=O) groups is 1. The molecule has 1 fully saturated rings. The molecule has 6 heteroatoms. The Labute approximate surface area is 105 Å². The molecule has 0 spiro atoms. The molecule has 1 saturated heterocycles. The van der Waals surface area contributed by atoms with Crippen molar-refractivity contribution in [3.8, 4) is 0 Å². The molecule has 2 rings (SSSR count). The molecule has 1 aliphatic heterocycles. The van der Waals surface area contributed by atoms with Gasteiger partial charge in [0.2, 0.25) is 0 Å². The van der Waals surface area contributed by atoms with E-state index in [0.29, 0.717) is 5.92 Å². The molecule has 1 aromatic rings. The van der Waals surface area contributed by atoms with Crippen molar-refractivity contribution < 1.29 is 9.90 Å². The second-order valence-corrected chi connectivity index (χ2v) is 5.45. The number of aromatic nitrogens is 1. The van der Waals surface area contributed by atoms with E-state index >= 15 is 0 Å². The number of carboxylic acid groups (broad SMARTS) is 1. The van der Waals surface area contributed by atoms with Crippen molar-refractivity contribution in [2.75, 3.05) is 38.6 Å². The Hall–Kier alpha value is -1.14. The quantitative estimate of drug-likeness (QED) is 0.877. The molecule has 1 aliphatic rings. The maximum absolute atomic E-state index is 10.7. The molecule has 0 saturated carbocycles. The summed E-state index contributed by atoms with van der Waals surface area (Å²) in [4.78, 5) is 19.2. The molecule has 0 aliphatic carbocycles. The third-order valence-corrected chi connectivity index (χ3v) is 4.01. The van der Waals surface area contributed by atoms with E-state index in [-0.39, 0.29) is 5.69 Å². The standard InChI is InChI=1S/C11H17N3O2S/c1-13-4-3-8(5-13)6-14(2)11-12-9(7-17-11)10(15)16/h7-8H,3-6H2,1-2H3,(H,15,16). The van der Waals surface area contributed by atoms with Crippen LogP contribution in [0.15, 0.2) is 5.38 Å². The van der Waals surface area contributed by atoms with Gasteiger partial charge < -0.3 is 14.9 Å². The van der Waals surface area contributed by atoms with Crippen LogP contribution in [-0.2, 0) is 0 Å². The lowest BCUT2D eigenvalue weighted by Crippen LogP contribution is -2.27. The van der Waals surface area contributed by atoms with Gasteiger partial charge >= 0.3 is 5.97 Å². The van der Waals surface area contributed by atoms with Gasteiger partial charge in [0.25, 0.3) is 0 Å². The smallest absolute Gasteiger partial charge is 0.355 e. The van der Waals surface area contributed by atoms with Gasteiger partial charge in [-0.25, -0.2) is 9.78 Å². The van der Waals surface area contributed by atoms with Crippen LogP contribution >= 0.6 is 11.3 Å². The van der Waals surface area contributed by atoms with Crippen molar-refractivity contribution in [3.63, 3.8) is 0 Å². The lowest BCUT2D eigenvalue weighted by molar-refractivity contribution is 0.0691. The van der Waals surface area contributed by atoms with E-state index in [0.717, 1.165) is 24.8 Å². The Morgan fingerprint density at radius 3 is 3.06 bits per heavy atom. The molecule has 17 heavy (non-hydrogen) atoms. The summed E-state index contributed by atoms with van der Waals surface area (Å²) in [5.74, 6) is -0.302. The van der Waals surface area contributed by atoms with E-state index in [2.05, 4.69) is 21.8 Å². The SMILES string of the molecule is CN1CCC(CN(C)c2nc(C(=O)O)cs2)C1. The maximum atomic E-state index is 10.7. The number of thiazole rings is 1. The first-order valence-corrected chi connectivity index (χ1v) is 6.52. The second kappa shape index (κ2) is 5.01. The van der Waals surface area contributed by atoms with E-state index < -0.39 is 5.97 Å². The monoisotopic (exact) mass is 255 g/mol. The molecule has 1 N–H and O–H groups in total. The van der Waals surface area contributed by atoms with E-state index in [1.807, 2.05) is 7.05 Å². The number of carboxylic acids is 1. The summed E-state index contributed by atoms with van der Waals surface area (Å²) >= 11 is 1.39. The van der Waals surface area contributed by atoms with E-state index in [4.69, 9.17) is 5.11 Å². The summed E-state index contributed by atoms with van der Waals surface area (Å²) in [5, 5.41) is 11.2. The summed E-state index contributed by atoms with van der Waals surface area (Å²) in [6.45, 7) is 3.20. The number of hydrogen-bond acceptors (Lipinski definition) is 5. The Bertz CT molecular complexity index is 407. The van der Waals surface area contributed by atoms with Crippen LogP contribution in [0.1, 0.15) is 16.9 Å². The fraction of sp³-hybridized carbons (Fsp3) is 0.636. The first-order chi connectivity index (χ1) is 8.06. The number of anilines is 1. The fourth-order valence-electron chi connectivity index (χ4n) is 2.18. The zero-order valence-electron chi connectivity index (χ0n) is 10.1. The molecule has 1 aromatic heterocycles. The van der Waals surface area contributed by atoms with Crippen LogP contribution in [0.5, 0.6) is 0 Å². The zero-order chi connectivity index (χ0) is 12.4. The van der Waals surface area contributed by atoms with Crippen LogP contribution in [0.25, 0.3) is 0 Å². The highest BCUT2D eigenvalue weighted by molar-refractivity contribution is 7.13. The molecule has 1 atom stereocenters. The van der Waals surface area contributed by atoms with Crippen molar-refractivity contribution in [1.29, 1.82) is 0 Å². The number of nitrogens with zero attached hydrogens (tertiary/aromatic N) is 3. The normalized spacial score (nSPS) is 20.7. The molecular weight excluding hydrogens is 238 g/mol. The molecule has 2 heterocycles. The first kappa shape index (κ1) is 12.3. The summed E-state index contributed by atoms with van der Waals surface area (Å²) in [5.41, 5.74) is 0.139. The summed E-state index contributed by atoms with van der Waals surface area (Å²) in [7, 11) is 4.11. The molecule has 94 valence electrons. The van der Waals surface area contributed by atoms with Crippen LogP contribution in [-0.4, -0.2) is 54.7 Å². The predicted octanol–water partition coefficient (Wildman–Crippen LogP) is 1.23. The van der Waals surface area contributed by atoms with Gasteiger partial charge in [0.1, 0.15) is 0 Å². The van der Waals surface area contributed by atoms with Crippen molar-refractivity contribution in [3.05, 3.63) is 11.1 Å². The average molecular weight is 255 g/mol. The topological polar surface area (TPSA) is 56.7 Å². The highest BCUT2D eigenvalue weighted by Gasteiger charge is 2.22. The highest BCUT2D eigenvalue weighted by atomic mass is 32.1. The van der Waals surface area contributed by atoms with Crippen LogP contribution < -0.4 is 4.90 Å². The lowest BCUT2D eigenvalue weighted by Gasteiger charge is -2.20. The average Bonchev–Trinajstić information content (AvgIpc) is 2.86. The number of hydrogen-bond donors (Lipinski definition) is 1. The van der Waals surface area contributed by atoms with E-state index in [9.17, 15) is 4.79 Å². The minimum Gasteiger partial charge on any atom is -0.476 e. The van der Waals surface area contributed by atoms with Gasteiger partial charge in [0, 0.05) is 25.5 Å². The number of aromatic carboxylic acids is 1. The predicted molar refractivity (Wildman–Crippen MR) is 67.9 cm³/mol. The maximum Gasteiger partial charge on any atom is 0.355 e. The van der Waals surface area contributed by atoms with Gasteiger partial charge in [-0.1, -0.05) is 0 Å². The van der Waals surface area contributed by atoms with Crippen LogP contribution in [0.2, 0.25) is 0 Å². The first-order valence-electron chi connectivity index (χ1n) is 5.64. The Morgan fingerprint density at radius 2 is 2.53 bits per heavy atom. The third kappa shape index (κ3) is 2.95. The van der Waals surface area contributed by atoms with Gasteiger partial charge in [-0.2, -0.15) is 0 Å². The van der Waals surface area contributed by atoms with Gasteiger partial charge in [-0.05, 0) is 25.9 Å². The van der Waals surface area contributed by atoms with Crippen LogP contribution in [0.3, 0.4) is 0 Å². The summed E-state index contributed by atoms with van der Waals surface area (Å²) in [6.07, 6.45) is 1.21. The van der Waals surface area contributed by atoms with Gasteiger partial charge in [-0.3, -0.25) is 0 Å². The minimum absolute atomic E-state index is 0.139. The highest BCUT2D eigenvalue weighted by Crippen LogP contribution is 2.22. The van der Waals surface area contributed by atoms with Gasteiger partial charge in [0.05, 0.1) is 0 Å². The van der Waals surface area contributed by atoms with Crippen molar-refractivity contribution >= 4 is 22.4 Å². The Balaban J connectivity index is 1.94. The Kier molecular flexibility index (Phi) is 3.63. The fourth-order valence-corrected chi connectivity index (χ4v) is 2.95. The molecule has 0 aromatic carbocycles. The van der Waals surface area contributed by atoms with Crippen molar-refractivity contribution in [1.82, 2.24) is 9.88 Å². The third-order valence-electron chi connectivity index (χ3n) is 3.06. The van der Waals surface area contributed by atoms with Gasteiger partial charge in [-0.15, -0.1) is 11.3 Å². The largest absolute Gasteiger partial charge is 0.476 e. The van der Waals surface area contributed by atoms with E-state index in [1.54, 1.807) is 5.38 Å². The van der Waals surface area contributed by atoms with Gasteiger partial charge in [0.15, 0.2) is 10.8 Å². The molecule has 0 bridgehead atoms. The summed E-state index contributed by atoms with van der Waals surface area (Å²) < 4.78 is 0. The number of likely N-dealkylation sites (tertiary alicyclic amines) is 1. The lowest BCUT2D eigenvalue weighted by atomic mass is 10.1. The van der Waals surface area contributed by atoms with E-state index in [1.165, 1.54) is 17.8 Å². The molecular formula is C11H17N3O2S. The molecule has 5 nitrogen and oxygen atoms in total.